The molecule has 10 rings (SSSR count). The number of rotatable bonds is 5. The topological polar surface area (TPSA) is 47.9 Å². The van der Waals surface area contributed by atoms with Gasteiger partial charge in [-0.2, -0.15) is 0 Å². The molecule has 1 aliphatic heterocycles. The van der Waals surface area contributed by atoms with Gasteiger partial charge in [0.15, 0.2) is 17.5 Å². The second-order valence-electron chi connectivity index (χ2n) is 12.4. The van der Waals surface area contributed by atoms with Gasteiger partial charge in [-0.15, -0.1) is 0 Å². The molecule has 8 aromatic carbocycles. The maximum atomic E-state index is 6.78. The molecule has 4 nitrogen and oxygen atoms in total. The number of hydrogen-bond donors (Lipinski definition) is 0. The molecule has 0 saturated heterocycles. The van der Waals surface area contributed by atoms with Crippen LogP contribution in [0, 0.1) is 0 Å². The molecule has 0 atom stereocenters. The first kappa shape index (κ1) is 27.5. The van der Waals surface area contributed by atoms with E-state index in [-0.39, 0.29) is 0 Å². The first-order valence-electron chi connectivity index (χ1n) is 16.4. The normalized spacial score (nSPS) is 11.8. The minimum atomic E-state index is 0.571. The van der Waals surface area contributed by atoms with Gasteiger partial charge in [-0.25, -0.2) is 15.0 Å². The number of aromatic nitrogens is 3. The van der Waals surface area contributed by atoms with Crippen LogP contribution in [-0.4, -0.2) is 15.0 Å². The minimum absolute atomic E-state index is 0.571. The summed E-state index contributed by atoms with van der Waals surface area (Å²) in [6.45, 7) is 0. The highest BCUT2D eigenvalue weighted by atomic mass is 16.5. The Kier molecular flexibility index (Phi) is 6.15. The lowest BCUT2D eigenvalue weighted by Crippen LogP contribution is -2.03. The van der Waals surface area contributed by atoms with Gasteiger partial charge in [0, 0.05) is 27.3 Å². The Morgan fingerprint density at radius 1 is 0.327 bits per heavy atom. The fourth-order valence-electron chi connectivity index (χ4n) is 7.09. The maximum absolute atomic E-state index is 6.78. The third kappa shape index (κ3) is 4.57. The smallest absolute Gasteiger partial charge is 0.167 e. The summed E-state index contributed by atoms with van der Waals surface area (Å²) in [6.07, 6.45) is 0. The molecule has 0 amide bonds. The van der Waals surface area contributed by atoms with Crippen LogP contribution >= 0.6 is 0 Å². The Labute approximate surface area is 283 Å². The summed E-state index contributed by atoms with van der Waals surface area (Å²) in [4.78, 5) is 15.3. The van der Waals surface area contributed by atoms with Crippen molar-refractivity contribution in [1.29, 1.82) is 0 Å². The molecule has 9 aromatic rings. The van der Waals surface area contributed by atoms with Crippen LogP contribution in [0.25, 0.3) is 88.7 Å². The lowest BCUT2D eigenvalue weighted by atomic mass is 9.92. The predicted molar refractivity (Wildman–Crippen MR) is 200 cm³/mol. The quantitative estimate of drug-likeness (QED) is 0.179. The summed E-state index contributed by atoms with van der Waals surface area (Å²) >= 11 is 0. The lowest BCUT2D eigenvalue weighted by molar-refractivity contribution is 0.494. The Hall–Kier alpha value is -6.65. The number of hydrogen-bond acceptors (Lipinski definition) is 4. The number of ether oxygens (including phenoxy) is 1. The van der Waals surface area contributed by atoms with Crippen LogP contribution in [0.2, 0.25) is 0 Å². The molecule has 228 valence electrons. The molecule has 0 N–H and O–H groups in total. The molecule has 0 aliphatic carbocycles. The number of nitrogens with zero attached hydrogens (tertiary/aromatic N) is 3. The average Bonchev–Trinajstić information content (AvgIpc) is 3.18. The summed E-state index contributed by atoms with van der Waals surface area (Å²) in [5.41, 5.74) is 7.28. The SMILES string of the molecule is c1ccc(-c2ccc(-c3cccc(-c4nc(-c5ccccc5)nc(-c5ccc6ccc7ccc8cccc9c8c7c6c5O9)n4)c3)cc2)cc1. The van der Waals surface area contributed by atoms with Crippen LogP contribution in [0.1, 0.15) is 0 Å². The highest BCUT2D eigenvalue weighted by Gasteiger charge is 2.24. The summed E-state index contributed by atoms with van der Waals surface area (Å²) in [5.74, 6) is 3.41. The van der Waals surface area contributed by atoms with Crippen LogP contribution < -0.4 is 4.74 Å². The predicted octanol–water partition coefficient (Wildman–Crippen LogP) is 11.8. The summed E-state index contributed by atoms with van der Waals surface area (Å²) in [6, 6.07) is 56.8. The van der Waals surface area contributed by atoms with Gasteiger partial charge in [0.1, 0.15) is 11.5 Å². The highest BCUT2D eigenvalue weighted by molar-refractivity contribution is 6.26. The van der Waals surface area contributed by atoms with Crippen LogP contribution in [0.3, 0.4) is 0 Å². The van der Waals surface area contributed by atoms with E-state index in [0.29, 0.717) is 17.5 Å². The Morgan fingerprint density at radius 3 is 1.57 bits per heavy atom. The Balaban J connectivity index is 1.15. The largest absolute Gasteiger partial charge is 0.455 e. The van der Waals surface area contributed by atoms with Gasteiger partial charge in [-0.05, 0) is 56.6 Å². The molecule has 4 heteroatoms. The van der Waals surface area contributed by atoms with Crippen molar-refractivity contribution in [1.82, 2.24) is 15.0 Å². The van der Waals surface area contributed by atoms with Crippen molar-refractivity contribution in [3.8, 4) is 67.9 Å². The van der Waals surface area contributed by atoms with Crippen LogP contribution in [-0.2, 0) is 0 Å². The van der Waals surface area contributed by atoms with Crippen molar-refractivity contribution < 1.29 is 4.74 Å². The Morgan fingerprint density at radius 2 is 0.837 bits per heavy atom. The highest BCUT2D eigenvalue weighted by Crippen LogP contribution is 2.50. The van der Waals surface area contributed by atoms with E-state index in [2.05, 4.69) is 115 Å². The van der Waals surface area contributed by atoms with Crippen molar-refractivity contribution in [2.45, 2.75) is 0 Å². The monoisotopic (exact) mass is 625 g/mol. The summed E-state index contributed by atoms with van der Waals surface area (Å²) in [5, 5.41) is 6.91. The molecule has 0 bridgehead atoms. The molecular formula is C45H27N3O. The van der Waals surface area contributed by atoms with E-state index in [4.69, 9.17) is 19.7 Å². The van der Waals surface area contributed by atoms with Crippen molar-refractivity contribution in [2.24, 2.45) is 0 Å². The van der Waals surface area contributed by atoms with Gasteiger partial charge in [-0.3, -0.25) is 0 Å². The van der Waals surface area contributed by atoms with E-state index >= 15 is 0 Å². The van der Waals surface area contributed by atoms with Gasteiger partial charge in [0.05, 0.1) is 5.56 Å². The fourth-order valence-corrected chi connectivity index (χ4v) is 7.09. The van der Waals surface area contributed by atoms with E-state index in [1.165, 1.54) is 21.9 Å². The van der Waals surface area contributed by atoms with Crippen molar-refractivity contribution >= 4 is 32.3 Å². The van der Waals surface area contributed by atoms with Crippen molar-refractivity contribution in [2.75, 3.05) is 0 Å². The molecule has 2 heterocycles. The van der Waals surface area contributed by atoms with E-state index in [0.717, 1.165) is 60.9 Å². The van der Waals surface area contributed by atoms with Gasteiger partial charge in [0.2, 0.25) is 0 Å². The molecule has 1 aromatic heterocycles. The number of benzene rings is 8. The average molecular weight is 626 g/mol. The zero-order valence-electron chi connectivity index (χ0n) is 26.3. The van der Waals surface area contributed by atoms with Gasteiger partial charge in [0.25, 0.3) is 0 Å². The molecular weight excluding hydrogens is 599 g/mol. The first-order valence-corrected chi connectivity index (χ1v) is 16.4. The van der Waals surface area contributed by atoms with Gasteiger partial charge in [-0.1, -0.05) is 146 Å². The molecule has 1 aliphatic rings. The van der Waals surface area contributed by atoms with Crippen molar-refractivity contribution in [3.63, 3.8) is 0 Å². The summed E-state index contributed by atoms with van der Waals surface area (Å²) < 4.78 is 6.78. The molecule has 0 unspecified atom stereocenters. The lowest BCUT2D eigenvalue weighted by Gasteiger charge is -2.22. The van der Waals surface area contributed by atoms with Gasteiger partial charge >= 0.3 is 0 Å². The summed E-state index contributed by atoms with van der Waals surface area (Å²) in [7, 11) is 0. The van der Waals surface area contributed by atoms with E-state index in [1.54, 1.807) is 0 Å². The van der Waals surface area contributed by atoms with E-state index in [1.807, 2.05) is 48.5 Å². The second kappa shape index (κ2) is 11.0. The zero-order chi connectivity index (χ0) is 32.3. The van der Waals surface area contributed by atoms with Crippen LogP contribution in [0.15, 0.2) is 164 Å². The third-order valence-electron chi connectivity index (χ3n) is 9.49. The third-order valence-corrected chi connectivity index (χ3v) is 9.49. The molecule has 0 fully saturated rings. The molecule has 0 spiro atoms. The first-order chi connectivity index (χ1) is 24.3. The fraction of sp³-hybridized carbons (Fsp3) is 0. The molecule has 0 radical (unpaired) electrons. The van der Waals surface area contributed by atoms with Gasteiger partial charge < -0.3 is 4.74 Å². The molecule has 49 heavy (non-hydrogen) atoms. The zero-order valence-corrected chi connectivity index (χ0v) is 26.3. The standard InChI is InChI=1S/C45H27N3O/c1-3-9-28(10-4-1)29-17-19-30(20-18-29)35-14-7-15-36(27-35)44-46-43(34-11-5-2-6-12-34)47-45(48-44)37-26-25-33-24-23-32-22-21-31-13-8-16-38-39(31)40(32)41(33)42(37)49-38/h1-27H. The van der Waals surface area contributed by atoms with Crippen LogP contribution in [0.4, 0.5) is 0 Å². The van der Waals surface area contributed by atoms with Crippen LogP contribution in [0.5, 0.6) is 11.5 Å². The maximum Gasteiger partial charge on any atom is 0.167 e. The molecule has 0 saturated carbocycles. The van der Waals surface area contributed by atoms with E-state index < -0.39 is 0 Å². The Bertz CT molecular complexity index is 2720. The van der Waals surface area contributed by atoms with Crippen molar-refractivity contribution in [3.05, 3.63) is 164 Å². The van der Waals surface area contributed by atoms with E-state index in [9.17, 15) is 0 Å². The second-order valence-corrected chi connectivity index (χ2v) is 12.4. The minimum Gasteiger partial charge on any atom is -0.455 e.